The lowest BCUT2D eigenvalue weighted by atomic mass is 10.0. The van der Waals surface area contributed by atoms with Crippen LogP contribution in [0.3, 0.4) is 0 Å². The minimum Gasteiger partial charge on any atom is -0.357 e. The Bertz CT molecular complexity index is 1620. The second-order valence-corrected chi connectivity index (χ2v) is 12.5. The van der Waals surface area contributed by atoms with Gasteiger partial charge in [-0.05, 0) is 54.1 Å². The topological polar surface area (TPSA) is 86.8 Å². The van der Waals surface area contributed by atoms with Crippen LogP contribution in [0.5, 0.6) is 0 Å². The molecule has 0 bridgehead atoms. The number of carbonyl (C=O) groups is 2. The minimum absolute atomic E-state index is 0.000542. The van der Waals surface area contributed by atoms with E-state index in [-0.39, 0.29) is 23.5 Å². The predicted molar refractivity (Wildman–Crippen MR) is 167 cm³/mol. The SMILES string of the molecule is CNC(=O)C(Cc1ccccc1)N(Cc1c(Cl)cccc1Cl)C(=O)CN(c1ccc(Cl)cc1)S(=O)(=O)c1ccccc1. The standard InChI is InChI=1S/C31H28Cl3N3O4S/c1-35-31(39)29(19-22-9-4-2-5-10-22)36(20-26-27(33)13-8-14-28(26)34)30(38)21-37(24-17-15-23(32)16-18-24)42(40,41)25-11-6-3-7-12-25/h2-18,29H,19-21H2,1H3,(H,35,39). The Morgan fingerprint density at radius 2 is 1.36 bits per heavy atom. The van der Waals surface area contributed by atoms with Crippen molar-refractivity contribution < 1.29 is 18.0 Å². The van der Waals surface area contributed by atoms with Gasteiger partial charge in [0.2, 0.25) is 11.8 Å². The molecule has 4 rings (SSSR count). The molecule has 42 heavy (non-hydrogen) atoms. The molecule has 4 aromatic rings. The van der Waals surface area contributed by atoms with Crippen LogP contribution in [0.2, 0.25) is 15.1 Å². The molecule has 0 aliphatic rings. The normalized spacial score (nSPS) is 11.9. The van der Waals surface area contributed by atoms with Gasteiger partial charge in [0.05, 0.1) is 10.6 Å². The second-order valence-electron chi connectivity index (χ2n) is 9.34. The maximum Gasteiger partial charge on any atom is 0.264 e. The van der Waals surface area contributed by atoms with Crippen LogP contribution in [0.15, 0.2) is 108 Å². The molecule has 0 aliphatic carbocycles. The molecule has 1 atom stereocenters. The Morgan fingerprint density at radius 3 is 1.93 bits per heavy atom. The number of rotatable bonds is 11. The van der Waals surface area contributed by atoms with Gasteiger partial charge in [-0.2, -0.15) is 0 Å². The lowest BCUT2D eigenvalue weighted by molar-refractivity contribution is -0.139. The zero-order chi connectivity index (χ0) is 30.3. The van der Waals surface area contributed by atoms with Crippen LogP contribution < -0.4 is 9.62 Å². The Labute approximate surface area is 260 Å². The Kier molecular flexibility index (Phi) is 10.5. The molecule has 0 aliphatic heterocycles. The molecule has 0 fully saturated rings. The summed E-state index contributed by atoms with van der Waals surface area (Å²) in [6, 6.07) is 27.1. The van der Waals surface area contributed by atoms with Crippen LogP contribution in [-0.4, -0.2) is 44.8 Å². The van der Waals surface area contributed by atoms with Gasteiger partial charge in [-0.15, -0.1) is 0 Å². The largest absolute Gasteiger partial charge is 0.357 e. The average molecular weight is 645 g/mol. The van der Waals surface area contributed by atoms with Gasteiger partial charge in [0.1, 0.15) is 12.6 Å². The van der Waals surface area contributed by atoms with Gasteiger partial charge in [0.25, 0.3) is 10.0 Å². The van der Waals surface area contributed by atoms with Crippen LogP contribution in [0.25, 0.3) is 0 Å². The van der Waals surface area contributed by atoms with E-state index < -0.39 is 34.4 Å². The first-order chi connectivity index (χ1) is 20.1. The summed E-state index contributed by atoms with van der Waals surface area (Å²) in [5, 5.41) is 3.66. The third-order valence-corrected chi connectivity index (χ3v) is 9.38. The number of halogens is 3. The van der Waals surface area contributed by atoms with Gasteiger partial charge >= 0.3 is 0 Å². The van der Waals surface area contributed by atoms with Gasteiger partial charge < -0.3 is 10.2 Å². The summed E-state index contributed by atoms with van der Waals surface area (Å²) in [7, 11) is -2.73. The number of hydrogen-bond acceptors (Lipinski definition) is 4. The summed E-state index contributed by atoms with van der Waals surface area (Å²) in [5.41, 5.74) is 1.47. The monoisotopic (exact) mass is 643 g/mol. The summed E-state index contributed by atoms with van der Waals surface area (Å²) < 4.78 is 28.8. The van der Waals surface area contributed by atoms with E-state index in [1.165, 1.54) is 36.2 Å². The molecule has 0 aromatic heterocycles. The maximum absolute atomic E-state index is 14.3. The molecule has 218 valence electrons. The fraction of sp³-hybridized carbons (Fsp3) is 0.161. The van der Waals surface area contributed by atoms with E-state index in [1.54, 1.807) is 48.5 Å². The van der Waals surface area contributed by atoms with E-state index in [0.717, 1.165) is 9.87 Å². The van der Waals surface area contributed by atoms with Crippen molar-refractivity contribution in [3.63, 3.8) is 0 Å². The van der Waals surface area contributed by atoms with Crippen molar-refractivity contribution in [2.24, 2.45) is 0 Å². The Hall–Kier alpha value is -3.56. The van der Waals surface area contributed by atoms with Gasteiger partial charge in [0.15, 0.2) is 0 Å². The summed E-state index contributed by atoms with van der Waals surface area (Å²) in [6.45, 7) is -0.745. The molecule has 7 nitrogen and oxygen atoms in total. The lowest BCUT2D eigenvalue weighted by Crippen LogP contribution is -2.53. The van der Waals surface area contributed by atoms with Crippen LogP contribution in [0, 0.1) is 0 Å². The summed E-state index contributed by atoms with van der Waals surface area (Å²) in [5.74, 6) is -1.07. The van der Waals surface area contributed by atoms with Gasteiger partial charge in [0, 0.05) is 40.6 Å². The molecule has 4 aromatic carbocycles. The predicted octanol–water partition coefficient (Wildman–Crippen LogP) is 6.23. The van der Waals surface area contributed by atoms with Crippen molar-refractivity contribution >= 4 is 62.3 Å². The lowest BCUT2D eigenvalue weighted by Gasteiger charge is -2.34. The highest BCUT2D eigenvalue weighted by molar-refractivity contribution is 7.92. The number of anilines is 1. The molecule has 1 N–H and O–H groups in total. The molecule has 0 heterocycles. The van der Waals surface area contributed by atoms with E-state index in [1.807, 2.05) is 30.3 Å². The Balaban J connectivity index is 1.81. The second kappa shape index (κ2) is 14.1. The number of hydrogen-bond donors (Lipinski definition) is 1. The minimum atomic E-state index is -4.21. The third-order valence-electron chi connectivity index (χ3n) is 6.63. The van der Waals surface area contributed by atoms with Crippen molar-refractivity contribution in [2.45, 2.75) is 23.9 Å². The van der Waals surface area contributed by atoms with E-state index in [2.05, 4.69) is 5.32 Å². The molecule has 0 spiro atoms. The van der Waals surface area contributed by atoms with Crippen molar-refractivity contribution in [1.29, 1.82) is 0 Å². The van der Waals surface area contributed by atoms with E-state index in [9.17, 15) is 18.0 Å². The summed E-state index contributed by atoms with van der Waals surface area (Å²) in [6.07, 6.45) is 0.167. The fourth-order valence-electron chi connectivity index (χ4n) is 4.43. The molecular formula is C31H28Cl3N3O4S. The quantitative estimate of drug-likeness (QED) is 0.210. The van der Waals surface area contributed by atoms with Gasteiger partial charge in [-0.1, -0.05) is 89.4 Å². The van der Waals surface area contributed by atoms with Crippen molar-refractivity contribution in [1.82, 2.24) is 10.2 Å². The molecular weight excluding hydrogens is 617 g/mol. The molecule has 0 saturated heterocycles. The number of likely N-dealkylation sites (N-methyl/N-ethyl adjacent to an activating group) is 1. The first-order valence-electron chi connectivity index (χ1n) is 12.9. The van der Waals surface area contributed by atoms with Crippen LogP contribution in [0.1, 0.15) is 11.1 Å². The third kappa shape index (κ3) is 7.44. The van der Waals surface area contributed by atoms with Crippen LogP contribution in [-0.2, 0) is 32.6 Å². The highest BCUT2D eigenvalue weighted by Crippen LogP contribution is 2.29. The molecule has 2 amide bonds. The molecule has 0 radical (unpaired) electrons. The zero-order valence-corrected chi connectivity index (χ0v) is 25.7. The van der Waals surface area contributed by atoms with E-state index in [4.69, 9.17) is 34.8 Å². The van der Waals surface area contributed by atoms with Crippen molar-refractivity contribution in [2.75, 3.05) is 17.9 Å². The van der Waals surface area contributed by atoms with Crippen molar-refractivity contribution in [3.05, 3.63) is 129 Å². The number of sulfonamides is 1. The number of nitrogens with zero attached hydrogens (tertiary/aromatic N) is 2. The number of carbonyl (C=O) groups excluding carboxylic acids is 2. The first-order valence-corrected chi connectivity index (χ1v) is 15.5. The smallest absolute Gasteiger partial charge is 0.264 e. The van der Waals surface area contributed by atoms with Gasteiger partial charge in [-0.25, -0.2) is 8.42 Å². The zero-order valence-electron chi connectivity index (χ0n) is 22.6. The number of nitrogens with one attached hydrogen (secondary N) is 1. The fourth-order valence-corrected chi connectivity index (χ4v) is 6.51. The average Bonchev–Trinajstić information content (AvgIpc) is 3.00. The van der Waals surface area contributed by atoms with Crippen LogP contribution >= 0.6 is 34.8 Å². The number of benzene rings is 4. The maximum atomic E-state index is 14.3. The molecule has 0 saturated carbocycles. The molecule has 11 heteroatoms. The molecule has 1 unspecified atom stereocenters. The highest BCUT2D eigenvalue weighted by Gasteiger charge is 2.34. The summed E-state index contributed by atoms with van der Waals surface area (Å²) in [4.78, 5) is 28.9. The highest BCUT2D eigenvalue weighted by atomic mass is 35.5. The summed E-state index contributed by atoms with van der Waals surface area (Å²) >= 11 is 19.0. The van der Waals surface area contributed by atoms with Crippen LogP contribution in [0.4, 0.5) is 5.69 Å². The first kappa shape index (κ1) is 31.4. The number of amides is 2. The van der Waals surface area contributed by atoms with Gasteiger partial charge in [-0.3, -0.25) is 13.9 Å². The van der Waals surface area contributed by atoms with E-state index in [0.29, 0.717) is 20.6 Å². The Morgan fingerprint density at radius 1 is 0.786 bits per heavy atom. The van der Waals surface area contributed by atoms with E-state index >= 15 is 0 Å². The van der Waals surface area contributed by atoms with Crippen molar-refractivity contribution in [3.8, 4) is 0 Å².